The van der Waals surface area contributed by atoms with Crippen molar-refractivity contribution in [2.75, 3.05) is 18.4 Å². The third-order valence-corrected chi connectivity index (χ3v) is 4.86. The Morgan fingerprint density at radius 1 is 1.28 bits per heavy atom. The summed E-state index contributed by atoms with van der Waals surface area (Å²) in [5.41, 5.74) is 2.50. The summed E-state index contributed by atoms with van der Waals surface area (Å²) in [5.74, 6) is 0.908. The monoisotopic (exact) mass is 336 g/mol. The number of para-hydroxylation sites is 1. The molecule has 1 fully saturated rings. The van der Waals surface area contributed by atoms with Crippen LogP contribution in [-0.4, -0.2) is 24.0 Å². The lowest BCUT2D eigenvalue weighted by Gasteiger charge is -2.20. The zero-order valence-electron chi connectivity index (χ0n) is 14.6. The highest BCUT2D eigenvalue weighted by Crippen LogP contribution is 2.24. The van der Waals surface area contributed by atoms with Crippen LogP contribution in [0.15, 0.2) is 24.3 Å². The second kappa shape index (κ2) is 7.98. The van der Waals surface area contributed by atoms with Crippen LogP contribution in [-0.2, 0) is 4.79 Å². The van der Waals surface area contributed by atoms with Crippen molar-refractivity contribution in [3.05, 3.63) is 35.4 Å². The summed E-state index contributed by atoms with van der Waals surface area (Å²) in [6.45, 7) is 3.10. The number of aryl methyl sites for hydroxylation is 1. The Morgan fingerprint density at radius 3 is 2.84 bits per heavy atom. The second-order valence-corrected chi connectivity index (χ2v) is 6.70. The number of carbonyl (C=O) groups is 1. The van der Waals surface area contributed by atoms with Crippen LogP contribution < -0.4 is 10.6 Å². The number of anilines is 1. The molecule has 1 aliphatic carbocycles. The summed E-state index contributed by atoms with van der Waals surface area (Å²) in [4.78, 5) is 16.8. The van der Waals surface area contributed by atoms with Crippen LogP contribution in [0.5, 0.6) is 0 Å². The number of aromatic nitrogens is 1. The number of pyridine rings is 1. The lowest BCUT2D eigenvalue weighted by atomic mass is 9.89. The van der Waals surface area contributed by atoms with Crippen molar-refractivity contribution in [3.8, 4) is 6.07 Å². The Morgan fingerprint density at radius 2 is 2.08 bits per heavy atom. The summed E-state index contributed by atoms with van der Waals surface area (Å²) in [7, 11) is 0. The smallest absolute Gasteiger partial charge is 0.223 e. The van der Waals surface area contributed by atoms with Crippen LogP contribution in [0.1, 0.15) is 43.2 Å². The van der Waals surface area contributed by atoms with E-state index in [0.29, 0.717) is 24.5 Å². The van der Waals surface area contributed by atoms with E-state index in [1.165, 1.54) is 6.42 Å². The molecule has 1 aromatic carbocycles. The molecule has 0 atom stereocenters. The second-order valence-electron chi connectivity index (χ2n) is 6.70. The van der Waals surface area contributed by atoms with Gasteiger partial charge in [-0.05, 0) is 31.4 Å². The molecule has 5 heteroatoms. The topological polar surface area (TPSA) is 77.8 Å². The van der Waals surface area contributed by atoms with Gasteiger partial charge >= 0.3 is 0 Å². The van der Waals surface area contributed by atoms with Crippen LogP contribution in [0, 0.1) is 24.2 Å². The molecule has 25 heavy (non-hydrogen) atoms. The number of rotatable bonds is 5. The summed E-state index contributed by atoms with van der Waals surface area (Å²) in [6, 6.07) is 9.99. The third kappa shape index (κ3) is 4.08. The van der Waals surface area contributed by atoms with Gasteiger partial charge in [-0.3, -0.25) is 4.79 Å². The summed E-state index contributed by atoms with van der Waals surface area (Å²) in [5, 5.41) is 16.5. The normalized spacial score (nSPS) is 14.9. The van der Waals surface area contributed by atoms with Crippen LogP contribution in [0.4, 0.5) is 5.82 Å². The fraction of sp³-hybridized carbons (Fsp3) is 0.450. The molecule has 1 saturated carbocycles. The van der Waals surface area contributed by atoms with E-state index in [9.17, 15) is 10.1 Å². The van der Waals surface area contributed by atoms with Gasteiger partial charge in [-0.25, -0.2) is 4.98 Å². The predicted molar refractivity (Wildman–Crippen MR) is 99.3 cm³/mol. The van der Waals surface area contributed by atoms with Gasteiger partial charge < -0.3 is 10.6 Å². The minimum atomic E-state index is 0.157. The minimum absolute atomic E-state index is 0.157. The number of benzene rings is 1. The van der Waals surface area contributed by atoms with Gasteiger partial charge in [0.25, 0.3) is 0 Å². The first-order valence-corrected chi connectivity index (χ1v) is 9.01. The Balaban J connectivity index is 1.60. The molecule has 2 N–H and O–H groups in total. The fourth-order valence-electron chi connectivity index (χ4n) is 3.44. The number of nitrogens with one attached hydrogen (secondary N) is 2. The average molecular weight is 336 g/mol. The fourth-order valence-corrected chi connectivity index (χ4v) is 3.44. The molecule has 0 bridgehead atoms. The molecule has 1 aliphatic rings. The lowest BCUT2D eigenvalue weighted by molar-refractivity contribution is -0.125. The number of hydrogen-bond acceptors (Lipinski definition) is 4. The quantitative estimate of drug-likeness (QED) is 0.819. The van der Waals surface area contributed by atoms with Crippen LogP contribution in [0.25, 0.3) is 10.9 Å². The zero-order chi connectivity index (χ0) is 17.6. The third-order valence-electron chi connectivity index (χ3n) is 4.86. The molecule has 0 saturated heterocycles. The molecule has 3 rings (SSSR count). The summed E-state index contributed by atoms with van der Waals surface area (Å²) < 4.78 is 0. The molecule has 1 heterocycles. The molecule has 2 aromatic rings. The first-order valence-electron chi connectivity index (χ1n) is 9.01. The van der Waals surface area contributed by atoms with E-state index in [0.717, 1.165) is 42.1 Å². The van der Waals surface area contributed by atoms with Gasteiger partial charge in [-0.2, -0.15) is 5.26 Å². The van der Waals surface area contributed by atoms with E-state index < -0.39 is 0 Å². The molecule has 0 aliphatic heterocycles. The summed E-state index contributed by atoms with van der Waals surface area (Å²) >= 11 is 0. The van der Waals surface area contributed by atoms with E-state index in [4.69, 9.17) is 0 Å². The van der Waals surface area contributed by atoms with E-state index >= 15 is 0 Å². The number of carbonyl (C=O) groups excluding carboxylic acids is 1. The highest BCUT2D eigenvalue weighted by molar-refractivity contribution is 5.85. The Labute approximate surface area is 148 Å². The van der Waals surface area contributed by atoms with E-state index in [2.05, 4.69) is 21.7 Å². The van der Waals surface area contributed by atoms with Crippen molar-refractivity contribution >= 4 is 22.6 Å². The average Bonchev–Trinajstić information content (AvgIpc) is 2.65. The Bertz CT molecular complexity index is 803. The molecule has 0 spiro atoms. The number of nitrogens with zero attached hydrogens (tertiary/aromatic N) is 2. The van der Waals surface area contributed by atoms with Gasteiger partial charge in [0.1, 0.15) is 11.9 Å². The van der Waals surface area contributed by atoms with Gasteiger partial charge in [0.2, 0.25) is 5.91 Å². The molecular formula is C20H24N4O. The van der Waals surface area contributed by atoms with Crippen molar-refractivity contribution in [3.63, 3.8) is 0 Å². The van der Waals surface area contributed by atoms with E-state index in [1.807, 2.05) is 31.2 Å². The number of amides is 1. The van der Waals surface area contributed by atoms with Crippen LogP contribution in [0.2, 0.25) is 0 Å². The van der Waals surface area contributed by atoms with Crippen molar-refractivity contribution in [2.45, 2.75) is 39.0 Å². The van der Waals surface area contributed by atoms with Crippen molar-refractivity contribution < 1.29 is 4.79 Å². The van der Waals surface area contributed by atoms with Gasteiger partial charge in [0.05, 0.1) is 11.1 Å². The first kappa shape index (κ1) is 17.2. The molecule has 0 radical (unpaired) electrons. The maximum Gasteiger partial charge on any atom is 0.223 e. The number of hydrogen-bond donors (Lipinski definition) is 2. The highest BCUT2D eigenvalue weighted by atomic mass is 16.1. The van der Waals surface area contributed by atoms with E-state index in [-0.39, 0.29) is 11.8 Å². The van der Waals surface area contributed by atoms with Crippen molar-refractivity contribution in [2.24, 2.45) is 5.92 Å². The van der Waals surface area contributed by atoms with Gasteiger partial charge in [0, 0.05) is 24.4 Å². The van der Waals surface area contributed by atoms with Crippen LogP contribution in [0.3, 0.4) is 0 Å². The molecule has 130 valence electrons. The van der Waals surface area contributed by atoms with Crippen molar-refractivity contribution in [1.82, 2.24) is 10.3 Å². The molecule has 1 amide bonds. The van der Waals surface area contributed by atoms with Gasteiger partial charge in [-0.15, -0.1) is 0 Å². The van der Waals surface area contributed by atoms with E-state index in [1.54, 1.807) is 0 Å². The van der Waals surface area contributed by atoms with Gasteiger partial charge in [0.15, 0.2) is 0 Å². The SMILES string of the molecule is Cc1cccc2cc(C#N)c(NCCNC(=O)C3CCCCC3)nc12. The number of fused-ring (bicyclic) bond motifs is 1. The van der Waals surface area contributed by atoms with Crippen LogP contribution >= 0.6 is 0 Å². The minimum Gasteiger partial charge on any atom is -0.367 e. The predicted octanol–water partition coefficient (Wildman–Crippen LogP) is 3.52. The summed E-state index contributed by atoms with van der Waals surface area (Å²) in [6.07, 6.45) is 5.56. The zero-order valence-corrected chi connectivity index (χ0v) is 14.6. The molecular weight excluding hydrogens is 312 g/mol. The standard InChI is InChI=1S/C20H24N4O/c1-14-6-5-9-16-12-17(13-21)19(24-18(14)16)22-10-11-23-20(25)15-7-3-2-4-8-15/h5-6,9,12,15H,2-4,7-8,10-11H2,1H3,(H,22,24)(H,23,25). The maximum atomic E-state index is 12.1. The first-order chi connectivity index (χ1) is 12.2. The molecule has 1 aromatic heterocycles. The lowest BCUT2D eigenvalue weighted by Crippen LogP contribution is -2.35. The van der Waals surface area contributed by atoms with Gasteiger partial charge in [-0.1, -0.05) is 37.5 Å². The Kier molecular flexibility index (Phi) is 5.49. The molecule has 5 nitrogen and oxygen atoms in total. The van der Waals surface area contributed by atoms with Crippen molar-refractivity contribution in [1.29, 1.82) is 5.26 Å². The number of nitriles is 1. The molecule has 0 unspecified atom stereocenters. The largest absolute Gasteiger partial charge is 0.367 e. The maximum absolute atomic E-state index is 12.1. The Hall–Kier alpha value is -2.61. The highest BCUT2D eigenvalue weighted by Gasteiger charge is 2.20.